The summed E-state index contributed by atoms with van der Waals surface area (Å²) in [6.07, 6.45) is -3.64. The number of aryl methyl sites for hydroxylation is 1. The van der Waals surface area contributed by atoms with Gasteiger partial charge in [0.1, 0.15) is 5.69 Å². The summed E-state index contributed by atoms with van der Waals surface area (Å²) in [5, 5.41) is 3.81. The van der Waals surface area contributed by atoms with Gasteiger partial charge in [0, 0.05) is 13.2 Å². The molecule has 0 radical (unpaired) electrons. The van der Waals surface area contributed by atoms with Crippen molar-refractivity contribution >= 4 is 17.9 Å². The molecule has 2 aromatic rings. The van der Waals surface area contributed by atoms with E-state index in [9.17, 15) is 18.0 Å². The molecule has 0 saturated carbocycles. The van der Waals surface area contributed by atoms with Crippen LogP contribution >= 0.6 is 11.6 Å². The van der Waals surface area contributed by atoms with Crippen LogP contribution < -0.4 is 4.74 Å². The Morgan fingerprint density at radius 1 is 1.39 bits per heavy atom. The van der Waals surface area contributed by atoms with E-state index in [4.69, 9.17) is 16.3 Å². The maximum atomic E-state index is 12.7. The maximum absolute atomic E-state index is 12.7. The zero-order valence-electron chi connectivity index (χ0n) is 12.5. The van der Waals surface area contributed by atoms with Gasteiger partial charge in [-0.2, -0.15) is 13.2 Å². The monoisotopic (exact) mass is 347 g/mol. The third-order valence-corrected chi connectivity index (χ3v) is 3.21. The maximum Gasteiger partial charge on any atom is 0.417 e. The minimum absolute atomic E-state index is 0.00511. The Balaban J connectivity index is 2.63. The third kappa shape index (κ3) is 3.47. The summed E-state index contributed by atoms with van der Waals surface area (Å²) in [6, 6.07) is 0.755. The molecule has 5 nitrogen and oxygen atoms in total. The van der Waals surface area contributed by atoms with Crippen molar-refractivity contribution in [2.24, 2.45) is 7.05 Å². The molecule has 9 heteroatoms. The zero-order chi connectivity index (χ0) is 17.4. The van der Waals surface area contributed by atoms with Gasteiger partial charge in [0.25, 0.3) is 0 Å². The number of hydrogen-bond acceptors (Lipinski definition) is 4. The number of hydrogen-bond donors (Lipinski definition) is 0. The molecule has 0 unspecified atom stereocenters. The summed E-state index contributed by atoms with van der Waals surface area (Å²) >= 11 is 5.95. The van der Waals surface area contributed by atoms with Gasteiger partial charge in [0.15, 0.2) is 6.29 Å². The number of alkyl halides is 3. The smallest absolute Gasteiger partial charge is 0.417 e. The predicted molar refractivity (Wildman–Crippen MR) is 77.6 cm³/mol. The first-order valence-electron chi connectivity index (χ1n) is 6.57. The summed E-state index contributed by atoms with van der Waals surface area (Å²) in [4.78, 5) is 15.1. The quantitative estimate of drug-likeness (QED) is 0.790. The number of aromatic nitrogens is 3. The van der Waals surface area contributed by atoms with Crippen molar-refractivity contribution < 1.29 is 22.7 Å². The topological polar surface area (TPSA) is 57.0 Å². The Labute approximate surface area is 135 Å². The van der Waals surface area contributed by atoms with Crippen LogP contribution in [0.15, 0.2) is 12.3 Å². The van der Waals surface area contributed by atoms with Crippen molar-refractivity contribution in [2.45, 2.75) is 26.1 Å². The standard InChI is InChI=1S/C14H13ClF3N3O2/c1-7(2)23-13-11(10(6-22)21(3)20-13)12-9(15)4-8(5-19-12)14(16,17)18/h4-7H,1-3H3. The molecule has 0 aliphatic rings. The van der Waals surface area contributed by atoms with Crippen LogP contribution in [0.2, 0.25) is 5.02 Å². The van der Waals surface area contributed by atoms with E-state index in [0.29, 0.717) is 12.5 Å². The molecule has 0 N–H and O–H groups in total. The van der Waals surface area contributed by atoms with Gasteiger partial charge < -0.3 is 4.74 Å². The number of nitrogens with zero attached hydrogens (tertiary/aromatic N) is 3. The van der Waals surface area contributed by atoms with Crippen molar-refractivity contribution in [1.82, 2.24) is 14.8 Å². The molecule has 0 aromatic carbocycles. The van der Waals surface area contributed by atoms with Gasteiger partial charge in [-0.15, -0.1) is 5.10 Å². The fraction of sp³-hybridized carbons (Fsp3) is 0.357. The van der Waals surface area contributed by atoms with E-state index >= 15 is 0 Å². The van der Waals surface area contributed by atoms with Crippen LogP contribution in [-0.4, -0.2) is 27.2 Å². The number of ether oxygens (including phenoxy) is 1. The van der Waals surface area contributed by atoms with Gasteiger partial charge in [0.05, 0.1) is 27.9 Å². The Bertz CT molecular complexity index is 742. The molecule has 124 valence electrons. The second-order valence-electron chi connectivity index (χ2n) is 5.03. The lowest BCUT2D eigenvalue weighted by Gasteiger charge is -2.11. The summed E-state index contributed by atoms with van der Waals surface area (Å²) in [5.41, 5.74) is -0.704. The average molecular weight is 348 g/mol. The molecule has 0 aliphatic heterocycles. The molecule has 0 bridgehead atoms. The van der Waals surface area contributed by atoms with E-state index in [2.05, 4.69) is 10.1 Å². The molecular weight excluding hydrogens is 335 g/mol. The highest BCUT2D eigenvalue weighted by molar-refractivity contribution is 6.33. The lowest BCUT2D eigenvalue weighted by molar-refractivity contribution is -0.137. The van der Waals surface area contributed by atoms with Gasteiger partial charge in [-0.05, 0) is 19.9 Å². The average Bonchev–Trinajstić information content (AvgIpc) is 2.72. The van der Waals surface area contributed by atoms with Gasteiger partial charge in [0.2, 0.25) is 5.88 Å². The Kier molecular flexibility index (Phi) is 4.65. The second-order valence-corrected chi connectivity index (χ2v) is 5.43. The van der Waals surface area contributed by atoms with Gasteiger partial charge in [-0.1, -0.05) is 11.6 Å². The number of halogens is 4. The van der Waals surface area contributed by atoms with Crippen LogP contribution in [0.3, 0.4) is 0 Å². The van der Waals surface area contributed by atoms with E-state index < -0.39 is 11.7 Å². The zero-order valence-corrected chi connectivity index (χ0v) is 13.2. The SMILES string of the molecule is CC(C)Oc1nn(C)c(C=O)c1-c1ncc(C(F)(F)F)cc1Cl. The molecule has 0 amide bonds. The molecule has 0 fully saturated rings. The lowest BCUT2D eigenvalue weighted by Crippen LogP contribution is -2.08. The van der Waals surface area contributed by atoms with Gasteiger partial charge >= 0.3 is 6.18 Å². The van der Waals surface area contributed by atoms with Crippen LogP contribution in [0, 0.1) is 0 Å². The van der Waals surface area contributed by atoms with Crippen LogP contribution in [0.4, 0.5) is 13.2 Å². The van der Waals surface area contributed by atoms with Crippen LogP contribution in [-0.2, 0) is 13.2 Å². The molecule has 0 aliphatic carbocycles. The lowest BCUT2D eigenvalue weighted by atomic mass is 10.1. The molecular formula is C14H13ClF3N3O2. The highest BCUT2D eigenvalue weighted by Crippen LogP contribution is 2.38. The largest absolute Gasteiger partial charge is 0.473 e. The normalized spacial score (nSPS) is 11.8. The molecule has 0 spiro atoms. The predicted octanol–water partition coefficient (Wildman–Crippen LogP) is 3.75. The Morgan fingerprint density at radius 3 is 2.52 bits per heavy atom. The number of aldehydes is 1. The van der Waals surface area contributed by atoms with E-state index in [1.54, 1.807) is 13.8 Å². The first-order valence-corrected chi connectivity index (χ1v) is 6.95. The molecule has 2 heterocycles. The highest BCUT2D eigenvalue weighted by atomic mass is 35.5. The van der Waals surface area contributed by atoms with Gasteiger partial charge in [-0.3, -0.25) is 14.5 Å². The fourth-order valence-corrected chi connectivity index (χ4v) is 2.21. The van der Waals surface area contributed by atoms with E-state index in [1.165, 1.54) is 11.7 Å². The highest BCUT2D eigenvalue weighted by Gasteiger charge is 2.32. The molecule has 0 saturated heterocycles. The van der Waals surface area contributed by atoms with Crippen LogP contribution in [0.5, 0.6) is 5.88 Å². The van der Waals surface area contributed by atoms with Crippen molar-refractivity contribution in [1.29, 1.82) is 0 Å². The van der Waals surface area contributed by atoms with Crippen LogP contribution in [0.1, 0.15) is 29.9 Å². The van der Waals surface area contributed by atoms with Crippen molar-refractivity contribution in [2.75, 3.05) is 0 Å². The van der Waals surface area contributed by atoms with Crippen molar-refractivity contribution in [3.8, 4) is 17.1 Å². The van der Waals surface area contributed by atoms with E-state index in [1.807, 2.05) is 0 Å². The minimum Gasteiger partial charge on any atom is -0.473 e. The van der Waals surface area contributed by atoms with Crippen molar-refractivity contribution in [3.63, 3.8) is 0 Å². The molecule has 23 heavy (non-hydrogen) atoms. The van der Waals surface area contributed by atoms with E-state index in [0.717, 1.165) is 6.07 Å². The van der Waals surface area contributed by atoms with Crippen LogP contribution in [0.25, 0.3) is 11.3 Å². The fourth-order valence-electron chi connectivity index (χ4n) is 1.95. The Hall–Kier alpha value is -2.09. The minimum atomic E-state index is -4.56. The third-order valence-electron chi connectivity index (χ3n) is 2.92. The number of rotatable bonds is 4. The first-order chi connectivity index (χ1) is 10.6. The summed E-state index contributed by atoms with van der Waals surface area (Å²) in [5.74, 6) is 0.0822. The number of pyridine rings is 1. The molecule has 0 atom stereocenters. The van der Waals surface area contributed by atoms with Crippen molar-refractivity contribution in [3.05, 3.63) is 28.5 Å². The Morgan fingerprint density at radius 2 is 2.04 bits per heavy atom. The number of carbonyl (C=O) groups excluding carboxylic acids is 1. The van der Waals surface area contributed by atoms with E-state index in [-0.39, 0.29) is 34.0 Å². The summed E-state index contributed by atoms with van der Waals surface area (Å²) < 4.78 is 44.9. The van der Waals surface area contributed by atoms with Gasteiger partial charge in [-0.25, -0.2) is 0 Å². The number of carbonyl (C=O) groups is 1. The molecule has 2 aromatic heterocycles. The first kappa shape index (κ1) is 17.3. The second kappa shape index (κ2) is 6.19. The summed E-state index contributed by atoms with van der Waals surface area (Å²) in [7, 11) is 1.51. The summed E-state index contributed by atoms with van der Waals surface area (Å²) in [6.45, 7) is 3.50. The molecule has 2 rings (SSSR count).